The summed E-state index contributed by atoms with van der Waals surface area (Å²) >= 11 is 0. The van der Waals surface area contributed by atoms with Gasteiger partial charge in [-0.2, -0.15) is 5.26 Å². The number of carbonyl (C=O) groups excluding carboxylic acids is 1. The van der Waals surface area contributed by atoms with Gasteiger partial charge >= 0.3 is 0 Å². The van der Waals surface area contributed by atoms with Gasteiger partial charge < -0.3 is 4.90 Å². The number of nitriles is 1. The van der Waals surface area contributed by atoms with Crippen LogP contribution in [-0.4, -0.2) is 43.8 Å². The number of benzene rings is 1. The molecule has 5 nitrogen and oxygen atoms in total. The molecule has 2 rings (SSSR count). The molecule has 0 aromatic heterocycles. The maximum atomic E-state index is 12.1. The SMILES string of the molecule is N#Cc1ccc(C(=O)N2CCS(=O)(=O)CC2)cc1. The number of hydrogen-bond acceptors (Lipinski definition) is 4. The van der Waals surface area contributed by atoms with E-state index in [1.165, 1.54) is 4.90 Å². The van der Waals surface area contributed by atoms with Crippen LogP contribution >= 0.6 is 0 Å². The van der Waals surface area contributed by atoms with Crippen LogP contribution in [0.2, 0.25) is 0 Å². The molecule has 1 amide bonds. The van der Waals surface area contributed by atoms with E-state index in [9.17, 15) is 13.2 Å². The van der Waals surface area contributed by atoms with Crippen LogP contribution in [0.15, 0.2) is 24.3 Å². The molecule has 0 bridgehead atoms. The molecule has 1 aliphatic heterocycles. The summed E-state index contributed by atoms with van der Waals surface area (Å²) < 4.78 is 22.5. The summed E-state index contributed by atoms with van der Waals surface area (Å²) in [5.41, 5.74) is 0.973. The van der Waals surface area contributed by atoms with E-state index in [4.69, 9.17) is 5.26 Å². The van der Waals surface area contributed by atoms with Gasteiger partial charge in [0, 0.05) is 18.7 Å². The van der Waals surface area contributed by atoms with Crippen molar-refractivity contribution in [3.05, 3.63) is 35.4 Å². The van der Waals surface area contributed by atoms with Crippen LogP contribution < -0.4 is 0 Å². The van der Waals surface area contributed by atoms with E-state index >= 15 is 0 Å². The van der Waals surface area contributed by atoms with Crippen molar-refractivity contribution in [2.24, 2.45) is 0 Å². The number of carbonyl (C=O) groups is 1. The molecule has 0 atom stereocenters. The fourth-order valence-electron chi connectivity index (χ4n) is 1.79. The standard InChI is InChI=1S/C12H12N2O3S/c13-9-10-1-3-11(4-2-10)12(15)14-5-7-18(16,17)8-6-14/h1-4H,5-8H2. The highest BCUT2D eigenvalue weighted by atomic mass is 32.2. The quantitative estimate of drug-likeness (QED) is 0.737. The molecule has 1 heterocycles. The van der Waals surface area contributed by atoms with Crippen LogP contribution in [0.5, 0.6) is 0 Å². The second kappa shape index (κ2) is 4.78. The Hall–Kier alpha value is -1.87. The molecule has 1 fully saturated rings. The molecule has 0 unspecified atom stereocenters. The van der Waals surface area contributed by atoms with E-state index in [-0.39, 0.29) is 30.5 Å². The second-order valence-corrected chi connectivity index (χ2v) is 6.44. The van der Waals surface area contributed by atoms with E-state index in [1.54, 1.807) is 24.3 Å². The number of nitrogens with zero attached hydrogens (tertiary/aromatic N) is 2. The van der Waals surface area contributed by atoms with E-state index in [0.29, 0.717) is 11.1 Å². The van der Waals surface area contributed by atoms with Gasteiger partial charge in [0.1, 0.15) is 0 Å². The van der Waals surface area contributed by atoms with Crippen molar-refractivity contribution >= 4 is 15.7 Å². The zero-order chi connectivity index (χ0) is 13.2. The minimum absolute atomic E-state index is 0.0228. The Morgan fingerprint density at radius 1 is 1.17 bits per heavy atom. The van der Waals surface area contributed by atoms with Crippen molar-refractivity contribution in [3.63, 3.8) is 0 Å². The van der Waals surface area contributed by atoms with Crippen molar-refractivity contribution in [1.82, 2.24) is 4.90 Å². The molecule has 18 heavy (non-hydrogen) atoms. The Morgan fingerprint density at radius 2 is 1.72 bits per heavy atom. The third kappa shape index (κ3) is 2.68. The van der Waals surface area contributed by atoms with E-state index in [2.05, 4.69) is 0 Å². The van der Waals surface area contributed by atoms with Crippen molar-refractivity contribution in [1.29, 1.82) is 5.26 Å². The summed E-state index contributed by atoms with van der Waals surface area (Å²) in [5.74, 6) is -0.140. The van der Waals surface area contributed by atoms with Crippen LogP contribution in [-0.2, 0) is 9.84 Å². The van der Waals surface area contributed by atoms with Gasteiger partial charge in [-0.1, -0.05) is 0 Å². The van der Waals surface area contributed by atoms with Crippen LogP contribution in [0.4, 0.5) is 0 Å². The third-order valence-corrected chi connectivity index (χ3v) is 4.50. The Balaban J connectivity index is 2.10. The summed E-state index contributed by atoms with van der Waals surface area (Å²) in [6, 6.07) is 8.31. The molecule has 0 saturated carbocycles. The van der Waals surface area contributed by atoms with E-state index < -0.39 is 9.84 Å². The minimum Gasteiger partial charge on any atom is -0.337 e. The molecule has 0 aliphatic carbocycles. The Kier molecular flexibility index (Phi) is 3.34. The van der Waals surface area contributed by atoms with Crippen LogP contribution in [0.25, 0.3) is 0 Å². The number of rotatable bonds is 1. The first-order chi connectivity index (χ1) is 8.52. The third-order valence-electron chi connectivity index (χ3n) is 2.89. The lowest BCUT2D eigenvalue weighted by atomic mass is 10.1. The van der Waals surface area contributed by atoms with Gasteiger partial charge in [0.15, 0.2) is 9.84 Å². The monoisotopic (exact) mass is 264 g/mol. The predicted molar refractivity (Wildman–Crippen MR) is 65.7 cm³/mol. The minimum atomic E-state index is -2.98. The lowest BCUT2D eigenvalue weighted by molar-refractivity contribution is 0.0770. The molecule has 6 heteroatoms. The molecule has 1 aromatic rings. The molecule has 1 aliphatic rings. The number of sulfone groups is 1. The predicted octanol–water partition coefficient (Wildman–Crippen LogP) is 0.429. The molecule has 1 aromatic carbocycles. The van der Waals surface area contributed by atoms with E-state index in [1.807, 2.05) is 6.07 Å². The molecule has 1 saturated heterocycles. The largest absolute Gasteiger partial charge is 0.337 e. The second-order valence-electron chi connectivity index (χ2n) is 4.13. The summed E-state index contributed by atoms with van der Waals surface area (Å²) in [7, 11) is -2.98. The van der Waals surface area contributed by atoms with Crippen molar-refractivity contribution in [3.8, 4) is 6.07 Å². The highest BCUT2D eigenvalue weighted by Crippen LogP contribution is 2.11. The van der Waals surface area contributed by atoms with Crippen LogP contribution in [0.3, 0.4) is 0 Å². The first-order valence-corrected chi connectivity index (χ1v) is 7.34. The van der Waals surface area contributed by atoms with Crippen LogP contribution in [0, 0.1) is 11.3 Å². The summed E-state index contributed by atoms with van der Waals surface area (Å²) in [4.78, 5) is 13.6. The molecule has 0 radical (unpaired) electrons. The normalized spacial score (nSPS) is 18.1. The maximum Gasteiger partial charge on any atom is 0.253 e. The molecule has 94 valence electrons. The van der Waals surface area contributed by atoms with Gasteiger partial charge in [-0.3, -0.25) is 4.79 Å². The van der Waals surface area contributed by atoms with Gasteiger partial charge in [-0.05, 0) is 24.3 Å². The molecular formula is C12H12N2O3S. The molecule has 0 N–H and O–H groups in total. The average Bonchev–Trinajstić information content (AvgIpc) is 2.38. The average molecular weight is 264 g/mol. The molecular weight excluding hydrogens is 252 g/mol. The zero-order valence-electron chi connectivity index (χ0n) is 9.67. The number of amides is 1. The highest BCUT2D eigenvalue weighted by Gasteiger charge is 2.25. The number of hydrogen-bond donors (Lipinski definition) is 0. The smallest absolute Gasteiger partial charge is 0.253 e. The lowest BCUT2D eigenvalue weighted by Gasteiger charge is -2.26. The zero-order valence-corrected chi connectivity index (χ0v) is 10.5. The fourth-order valence-corrected chi connectivity index (χ4v) is 2.99. The lowest BCUT2D eigenvalue weighted by Crippen LogP contribution is -2.43. The highest BCUT2D eigenvalue weighted by molar-refractivity contribution is 7.91. The van der Waals surface area contributed by atoms with Crippen molar-refractivity contribution in [2.45, 2.75) is 0 Å². The van der Waals surface area contributed by atoms with Crippen LogP contribution in [0.1, 0.15) is 15.9 Å². The first kappa shape index (κ1) is 12.6. The van der Waals surface area contributed by atoms with Gasteiger partial charge in [0.25, 0.3) is 5.91 Å². The summed E-state index contributed by atoms with van der Waals surface area (Å²) in [6.07, 6.45) is 0. The summed E-state index contributed by atoms with van der Waals surface area (Å²) in [5, 5.41) is 8.66. The van der Waals surface area contributed by atoms with Crippen molar-refractivity contribution in [2.75, 3.05) is 24.6 Å². The van der Waals surface area contributed by atoms with Crippen molar-refractivity contribution < 1.29 is 13.2 Å². The van der Waals surface area contributed by atoms with Gasteiger partial charge in [0.05, 0.1) is 23.1 Å². The van der Waals surface area contributed by atoms with E-state index in [0.717, 1.165) is 0 Å². The summed E-state index contributed by atoms with van der Waals surface area (Å²) in [6.45, 7) is 0.475. The topological polar surface area (TPSA) is 78.2 Å². The Bertz CT molecular complexity index is 585. The molecule has 0 spiro atoms. The maximum absolute atomic E-state index is 12.1. The Morgan fingerprint density at radius 3 is 2.22 bits per heavy atom. The van der Waals surface area contributed by atoms with Gasteiger partial charge in [-0.15, -0.1) is 0 Å². The van der Waals surface area contributed by atoms with Gasteiger partial charge in [-0.25, -0.2) is 8.42 Å². The fraction of sp³-hybridized carbons (Fsp3) is 0.333. The Labute approximate surface area is 106 Å². The first-order valence-electron chi connectivity index (χ1n) is 5.52. The van der Waals surface area contributed by atoms with Gasteiger partial charge in [0.2, 0.25) is 0 Å².